The second-order valence-corrected chi connectivity index (χ2v) is 6.99. The summed E-state index contributed by atoms with van der Waals surface area (Å²) in [5, 5.41) is 3.16. The van der Waals surface area contributed by atoms with Crippen molar-refractivity contribution < 1.29 is 14.3 Å². The Balaban J connectivity index is 1.75. The van der Waals surface area contributed by atoms with E-state index in [1.165, 1.54) is 0 Å². The summed E-state index contributed by atoms with van der Waals surface area (Å²) in [4.78, 5) is 12.8. The number of rotatable bonds is 5. The molecule has 2 atom stereocenters. The van der Waals surface area contributed by atoms with Crippen LogP contribution in [0.4, 0.5) is 0 Å². The van der Waals surface area contributed by atoms with E-state index in [0.29, 0.717) is 12.2 Å². The quantitative estimate of drug-likeness (QED) is 0.885. The van der Waals surface area contributed by atoms with Crippen LogP contribution in [-0.4, -0.2) is 17.6 Å². The summed E-state index contributed by atoms with van der Waals surface area (Å²) in [6, 6.07) is 17.3. The summed E-state index contributed by atoms with van der Waals surface area (Å²) < 4.78 is 11.9. The summed E-state index contributed by atoms with van der Waals surface area (Å²) in [5.41, 5.74) is 0.693. The molecule has 2 aromatic rings. The van der Waals surface area contributed by atoms with Crippen LogP contribution in [0, 0.1) is 0 Å². The van der Waals surface area contributed by atoms with Crippen molar-refractivity contribution in [1.82, 2.24) is 5.32 Å². The van der Waals surface area contributed by atoms with Gasteiger partial charge in [-0.05, 0) is 38.5 Å². The van der Waals surface area contributed by atoms with Crippen LogP contribution in [0.15, 0.2) is 54.6 Å². The van der Waals surface area contributed by atoms with E-state index in [9.17, 15) is 4.79 Å². The van der Waals surface area contributed by atoms with E-state index in [0.717, 1.165) is 17.7 Å². The van der Waals surface area contributed by atoms with Crippen LogP contribution < -0.4 is 14.8 Å². The smallest absolute Gasteiger partial charge is 0.261 e. The van der Waals surface area contributed by atoms with E-state index in [-0.39, 0.29) is 17.6 Å². The molecule has 3 rings (SSSR count). The molecule has 1 heterocycles. The summed E-state index contributed by atoms with van der Waals surface area (Å²) in [7, 11) is 0. The van der Waals surface area contributed by atoms with E-state index in [1.807, 2.05) is 75.4 Å². The molecule has 2 unspecified atom stereocenters. The molecule has 25 heavy (non-hydrogen) atoms. The van der Waals surface area contributed by atoms with E-state index in [2.05, 4.69) is 5.32 Å². The molecule has 0 fully saturated rings. The molecule has 4 heteroatoms. The molecule has 1 aliphatic rings. The van der Waals surface area contributed by atoms with Gasteiger partial charge in [0.05, 0.1) is 6.04 Å². The van der Waals surface area contributed by atoms with Gasteiger partial charge in [-0.2, -0.15) is 0 Å². The monoisotopic (exact) mass is 339 g/mol. The average Bonchev–Trinajstić information content (AvgIpc) is 2.59. The Labute approximate surface area is 149 Å². The van der Waals surface area contributed by atoms with Crippen molar-refractivity contribution in [2.75, 3.05) is 0 Å². The number of para-hydroxylation sites is 2. The number of carbonyl (C=O) groups excluding carboxylic acids is 1. The van der Waals surface area contributed by atoms with Gasteiger partial charge in [0, 0.05) is 12.0 Å². The maximum Gasteiger partial charge on any atom is 0.261 e. The lowest BCUT2D eigenvalue weighted by Crippen LogP contribution is -2.45. The van der Waals surface area contributed by atoms with E-state index in [1.54, 1.807) is 0 Å². The summed E-state index contributed by atoms with van der Waals surface area (Å²) in [6.45, 7) is 6.04. The summed E-state index contributed by atoms with van der Waals surface area (Å²) in [5.74, 6) is 1.45. The van der Waals surface area contributed by atoms with Crippen LogP contribution in [-0.2, 0) is 4.79 Å². The van der Waals surface area contributed by atoms with Crippen molar-refractivity contribution in [2.24, 2.45) is 0 Å². The number of hydrogen-bond acceptors (Lipinski definition) is 3. The van der Waals surface area contributed by atoms with Gasteiger partial charge in [-0.15, -0.1) is 0 Å². The van der Waals surface area contributed by atoms with Gasteiger partial charge in [0.25, 0.3) is 5.91 Å². The number of fused-ring (bicyclic) bond motifs is 1. The maximum absolute atomic E-state index is 12.8. The molecule has 4 nitrogen and oxygen atoms in total. The molecule has 0 bridgehead atoms. The van der Waals surface area contributed by atoms with E-state index in [4.69, 9.17) is 9.47 Å². The fourth-order valence-electron chi connectivity index (χ4n) is 3.18. The number of carbonyl (C=O) groups is 1. The second kappa shape index (κ2) is 7.18. The molecule has 132 valence electrons. The molecule has 1 amide bonds. The lowest BCUT2D eigenvalue weighted by Gasteiger charge is -2.38. The number of amides is 1. The average molecular weight is 339 g/mol. The molecule has 0 aromatic heterocycles. The van der Waals surface area contributed by atoms with Crippen molar-refractivity contribution in [3.8, 4) is 11.5 Å². The Morgan fingerprint density at radius 1 is 1.20 bits per heavy atom. The number of nitrogens with one attached hydrogen (secondary N) is 1. The largest absolute Gasteiger partial charge is 0.487 e. The van der Waals surface area contributed by atoms with Crippen molar-refractivity contribution in [1.29, 1.82) is 0 Å². The predicted molar refractivity (Wildman–Crippen MR) is 97.8 cm³/mol. The van der Waals surface area contributed by atoms with E-state index < -0.39 is 6.10 Å². The van der Waals surface area contributed by atoms with Crippen LogP contribution in [0.1, 0.15) is 45.2 Å². The van der Waals surface area contributed by atoms with Gasteiger partial charge < -0.3 is 14.8 Å². The number of hydrogen-bond donors (Lipinski definition) is 1. The number of ether oxygens (including phenoxy) is 2. The van der Waals surface area contributed by atoms with Crippen LogP contribution in [0.5, 0.6) is 11.5 Å². The predicted octanol–water partition coefficient (Wildman–Crippen LogP) is 4.26. The molecule has 1 N–H and O–H groups in total. The van der Waals surface area contributed by atoms with Crippen LogP contribution >= 0.6 is 0 Å². The molecular formula is C21H25NO3. The zero-order valence-electron chi connectivity index (χ0n) is 15.0. The highest BCUT2D eigenvalue weighted by molar-refractivity contribution is 5.81. The fraction of sp³-hybridized carbons (Fsp3) is 0.381. The lowest BCUT2D eigenvalue weighted by atomic mass is 9.89. The molecule has 1 aliphatic heterocycles. The third kappa shape index (κ3) is 4.13. The molecule has 0 saturated heterocycles. The molecule has 0 spiro atoms. The van der Waals surface area contributed by atoms with Gasteiger partial charge in [0.1, 0.15) is 17.1 Å². The highest BCUT2D eigenvalue weighted by atomic mass is 16.5. The Kier molecular flexibility index (Phi) is 4.98. The Morgan fingerprint density at radius 2 is 1.88 bits per heavy atom. The SMILES string of the molecule is CCC(Oc1ccccc1)C(=O)NC1CC(C)(C)Oc2ccccc21. The van der Waals surface area contributed by atoms with Gasteiger partial charge in [-0.25, -0.2) is 0 Å². The highest BCUT2D eigenvalue weighted by Gasteiger charge is 2.35. The summed E-state index contributed by atoms with van der Waals surface area (Å²) in [6.07, 6.45) is 0.812. The Bertz CT molecular complexity index is 727. The fourth-order valence-corrected chi connectivity index (χ4v) is 3.18. The first-order valence-corrected chi connectivity index (χ1v) is 8.78. The maximum atomic E-state index is 12.8. The molecule has 0 radical (unpaired) electrons. The van der Waals surface area contributed by atoms with Gasteiger partial charge in [0.15, 0.2) is 6.10 Å². The first-order valence-electron chi connectivity index (χ1n) is 8.78. The van der Waals surface area contributed by atoms with Gasteiger partial charge >= 0.3 is 0 Å². The van der Waals surface area contributed by atoms with Crippen molar-refractivity contribution >= 4 is 5.91 Å². The molecule has 0 aliphatic carbocycles. The minimum absolute atomic E-state index is 0.0825. The third-order valence-electron chi connectivity index (χ3n) is 4.38. The zero-order chi connectivity index (χ0) is 17.9. The minimum Gasteiger partial charge on any atom is -0.487 e. The van der Waals surface area contributed by atoms with Crippen molar-refractivity contribution in [2.45, 2.75) is 51.4 Å². The van der Waals surface area contributed by atoms with Crippen molar-refractivity contribution in [3.63, 3.8) is 0 Å². The van der Waals surface area contributed by atoms with Crippen LogP contribution in [0.2, 0.25) is 0 Å². The van der Waals surface area contributed by atoms with Crippen LogP contribution in [0.3, 0.4) is 0 Å². The Hall–Kier alpha value is -2.49. The summed E-state index contributed by atoms with van der Waals surface area (Å²) >= 11 is 0. The topological polar surface area (TPSA) is 47.6 Å². The standard InChI is InChI=1S/C21H25NO3/c1-4-18(24-15-10-6-5-7-11-15)20(23)22-17-14-21(2,3)25-19-13-9-8-12-16(17)19/h5-13,17-18H,4,14H2,1-3H3,(H,22,23). The molecule has 2 aromatic carbocycles. The van der Waals surface area contributed by atoms with E-state index >= 15 is 0 Å². The third-order valence-corrected chi connectivity index (χ3v) is 4.38. The van der Waals surface area contributed by atoms with Gasteiger partial charge in [-0.1, -0.05) is 43.3 Å². The lowest BCUT2D eigenvalue weighted by molar-refractivity contribution is -0.129. The zero-order valence-corrected chi connectivity index (χ0v) is 15.0. The first kappa shape index (κ1) is 17.3. The molecule has 0 saturated carbocycles. The first-order chi connectivity index (χ1) is 12.0. The van der Waals surface area contributed by atoms with Crippen molar-refractivity contribution in [3.05, 3.63) is 60.2 Å². The second-order valence-electron chi connectivity index (χ2n) is 6.99. The minimum atomic E-state index is -0.513. The van der Waals surface area contributed by atoms with Crippen LogP contribution in [0.25, 0.3) is 0 Å². The van der Waals surface area contributed by atoms with Gasteiger partial charge in [0.2, 0.25) is 0 Å². The normalized spacial score (nSPS) is 19.2. The molecular weight excluding hydrogens is 314 g/mol. The highest BCUT2D eigenvalue weighted by Crippen LogP contribution is 2.39. The number of benzene rings is 2. The Morgan fingerprint density at radius 3 is 2.60 bits per heavy atom. The van der Waals surface area contributed by atoms with Gasteiger partial charge in [-0.3, -0.25) is 4.79 Å².